The minimum absolute atomic E-state index is 0.120. The van der Waals surface area contributed by atoms with Crippen molar-refractivity contribution in [2.45, 2.75) is 62.4 Å². The molecule has 8 nitrogen and oxygen atoms in total. The van der Waals surface area contributed by atoms with Crippen molar-refractivity contribution in [2.75, 3.05) is 0 Å². The maximum Gasteiger partial charge on any atom is 0.326 e. The summed E-state index contributed by atoms with van der Waals surface area (Å²) in [5.41, 5.74) is 2.25. The maximum absolute atomic E-state index is 13.6. The number of carbonyl (C=O) groups excluding carboxylic acids is 3. The zero-order valence-corrected chi connectivity index (χ0v) is 21.5. The van der Waals surface area contributed by atoms with Gasteiger partial charge in [0.05, 0.1) is 0 Å². The van der Waals surface area contributed by atoms with Crippen LogP contribution in [-0.2, 0) is 20.8 Å². The number of carboxylic acids is 1. The highest BCUT2D eigenvalue weighted by Gasteiger charge is 2.57. The highest BCUT2D eigenvalue weighted by atomic mass is 32.2. The Bertz CT molecular complexity index is 1180. The van der Waals surface area contributed by atoms with Crippen molar-refractivity contribution in [3.8, 4) is 0 Å². The molecule has 3 amide bonds. The Morgan fingerprint density at radius 1 is 1.03 bits per heavy atom. The van der Waals surface area contributed by atoms with Gasteiger partial charge in [-0.3, -0.25) is 14.4 Å². The van der Waals surface area contributed by atoms with Gasteiger partial charge in [0.15, 0.2) is 0 Å². The molecule has 0 radical (unpaired) electrons. The predicted octanol–water partition coefficient (Wildman–Crippen LogP) is 2.99. The summed E-state index contributed by atoms with van der Waals surface area (Å²) < 4.78 is -0.590. The van der Waals surface area contributed by atoms with Gasteiger partial charge in [-0.2, -0.15) is 0 Å². The van der Waals surface area contributed by atoms with Crippen molar-refractivity contribution < 1.29 is 24.3 Å². The summed E-state index contributed by atoms with van der Waals surface area (Å²) in [5.74, 6) is -2.66. The van der Waals surface area contributed by atoms with E-state index in [0.717, 1.165) is 11.1 Å². The van der Waals surface area contributed by atoms with E-state index < -0.39 is 40.7 Å². The summed E-state index contributed by atoms with van der Waals surface area (Å²) in [6.07, 6.45) is 0.120. The number of hydrogen-bond donors (Lipinski definition) is 3. The molecule has 0 unspecified atom stereocenters. The molecule has 0 saturated carbocycles. The number of thioether (sulfide) groups is 1. The lowest BCUT2D eigenvalue weighted by atomic mass is 9.97. The smallest absolute Gasteiger partial charge is 0.326 e. The van der Waals surface area contributed by atoms with Crippen LogP contribution in [0.3, 0.4) is 0 Å². The van der Waals surface area contributed by atoms with Crippen LogP contribution in [0.2, 0.25) is 0 Å². The third-order valence-corrected chi connectivity index (χ3v) is 8.22. The normalized spacial score (nSPS) is 21.5. The second-order valence-corrected chi connectivity index (χ2v) is 11.8. The van der Waals surface area contributed by atoms with Gasteiger partial charge in [-0.15, -0.1) is 11.8 Å². The quantitative estimate of drug-likeness (QED) is 0.504. The standard InChI is InChI=1S/C27H31N3O5S/c1-15(2)20(22(31)28-19(26(34)35)14-16-10-6-5-7-11-16)29-23(32)21-27(3,4)36-25-18-13-9-8-12-17(18)24(33)30(21)25/h5-13,15,19-21,25H,14H2,1-4H3,(H,28,31)(H,29,32)(H,34,35)/t19-,20-,21-,25-/m0/s1. The first-order valence-electron chi connectivity index (χ1n) is 12.0. The van der Waals surface area contributed by atoms with E-state index in [-0.39, 0.29) is 23.6 Å². The van der Waals surface area contributed by atoms with Gasteiger partial charge in [0, 0.05) is 16.7 Å². The molecule has 0 bridgehead atoms. The fourth-order valence-corrected chi connectivity index (χ4v) is 6.47. The van der Waals surface area contributed by atoms with Crippen molar-refractivity contribution in [1.29, 1.82) is 0 Å². The Morgan fingerprint density at radius 3 is 2.31 bits per heavy atom. The average molecular weight is 510 g/mol. The molecule has 0 spiro atoms. The SMILES string of the molecule is CC(C)[C@H](NC(=O)[C@@H]1N2C(=O)c3ccccc3[C@@H]2SC1(C)C)C(=O)N[C@@H](Cc1ccccc1)C(=O)O. The second kappa shape index (κ2) is 9.97. The summed E-state index contributed by atoms with van der Waals surface area (Å²) in [6.45, 7) is 7.40. The van der Waals surface area contributed by atoms with Crippen molar-refractivity contribution >= 4 is 35.5 Å². The predicted molar refractivity (Wildman–Crippen MR) is 137 cm³/mol. The summed E-state index contributed by atoms with van der Waals surface area (Å²) >= 11 is 1.55. The Hall–Kier alpha value is -3.33. The molecule has 190 valence electrons. The van der Waals surface area contributed by atoms with Gasteiger partial charge in [-0.05, 0) is 37.0 Å². The summed E-state index contributed by atoms with van der Waals surface area (Å²) in [6, 6.07) is 13.5. The van der Waals surface area contributed by atoms with Crippen molar-refractivity contribution in [3.05, 3.63) is 71.3 Å². The van der Waals surface area contributed by atoms with E-state index in [2.05, 4.69) is 10.6 Å². The van der Waals surface area contributed by atoms with Crippen LogP contribution in [0, 0.1) is 5.92 Å². The van der Waals surface area contributed by atoms with Crippen LogP contribution in [0.15, 0.2) is 54.6 Å². The third kappa shape index (κ3) is 4.84. The van der Waals surface area contributed by atoms with Crippen molar-refractivity contribution in [2.24, 2.45) is 5.92 Å². The number of rotatable bonds is 8. The molecular weight excluding hydrogens is 478 g/mol. The highest BCUT2D eigenvalue weighted by Crippen LogP contribution is 2.56. The zero-order chi connectivity index (χ0) is 26.2. The largest absolute Gasteiger partial charge is 0.480 e. The molecule has 0 aliphatic carbocycles. The first kappa shape index (κ1) is 25.8. The van der Waals surface area contributed by atoms with Crippen LogP contribution < -0.4 is 10.6 Å². The van der Waals surface area contributed by atoms with Crippen molar-refractivity contribution in [1.82, 2.24) is 15.5 Å². The monoisotopic (exact) mass is 509 g/mol. The maximum atomic E-state index is 13.6. The molecule has 2 aliphatic heterocycles. The minimum Gasteiger partial charge on any atom is -0.480 e. The number of carboxylic acid groups (broad SMARTS) is 1. The van der Waals surface area contributed by atoms with Gasteiger partial charge in [-0.25, -0.2) is 4.79 Å². The van der Waals surface area contributed by atoms with E-state index >= 15 is 0 Å². The van der Waals surface area contributed by atoms with Crippen LogP contribution in [-0.4, -0.2) is 56.6 Å². The summed E-state index contributed by atoms with van der Waals surface area (Å²) in [7, 11) is 0. The van der Waals surface area contributed by atoms with Crippen LogP contribution in [0.4, 0.5) is 0 Å². The number of fused-ring (bicyclic) bond motifs is 3. The second-order valence-electron chi connectivity index (χ2n) is 10.1. The molecule has 0 aromatic heterocycles. The number of nitrogens with zero attached hydrogens (tertiary/aromatic N) is 1. The molecule has 1 fully saturated rings. The Morgan fingerprint density at radius 2 is 1.67 bits per heavy atom. The lowest BCUT2D eigenvalue weighted by Gasteiger charge is -2.32. The number of carbonyl (C=O) groups is 4. The lowest BCUT2D eigenvalue weighted by Crippen LogP contribution is -2.59. The van der Waals surface area contributed by atoms with Crippen LogP contribution >= 0.6 is 11.8 Å². The van der Waals surface area contributed by atoms with Gasteiger partial charge < -0.3 is 20.6 Å². The molecule has 2 aromatic rings. The van der Waals surface area contributed by atoms with E-state index in [1.165, 1.54) is 0 Å². The van der Waals surface area contributed by atoms with E-state index in [0.29, 0.717) is 5.56 Å². The third-order valence-electron chi connectivity index (χ3n) is 6.69. The number of amides is 3. The number of benzene rings is 2. The topological polar surface area (TPSA) is 116 Å². The van der Waals surface area contributed by atoms with Crippen LogP contribution in [0.25, 0.3) is 0 Å². The fraction of sp³-hybridized carbons (Fsp3) is 0.407. The molecule has 2 aromatic carbocycles. The molecule has 2 aliphatic rings. The number of aliphatic carboxylic acids is 1. The lowest BCUT2D eigenvalue weighted by molar-refractivity contribution is -0.142. The number of nitrogens with one attached hydrogen (secondary N) is 2. The molecule has 4 rings (SSSR count). The molecule has 1 saturated heterocycles. The van der Waals surface area contributed by atoms with Gasteiger partial charge in [0.2, 0.25) is 11.8 Å². The molecule has 2 heterocycles. The Labute approximate surface area is 214 Å². The summed E-state index contributed by atoms with van der Waals surface area (Å²) in [4.78, 5) is 53.5. The first-order valence-corrected chi connectivity index (χ1v) is 12.9. The molecule has 9 heteroatoms. The minimum atomic E-state index is -1.15. The highest BCUT2D eigenvalue weighted by molar-refractivity contribution is 8.01. The molecule has 3 N–H and O–H groups in total. The van der Waals surface area contributed by atoms with E-state index in [9.17, 15) is 24.3 Å². The molecule has 4 atom stereocenters. The van der Waals surface area contributed by atoms with Gasteiger partial charge >= 0.3 is 5.97 Å². The van der Waals surface area contributed by atoms with Gasteiger partial charge in [0.1, 0.15) is 23.5 Å². The van der Waals surface area contributed by atoms with Crippen LogP contribution in [0.5, 0.6) is 0 Å². The summed E-state index contributed by atoms with van der Waals surface area (Å²) in [5, 5.41) is 14.8. The van der Waals surface area contributed by atoms with E-state index in [4.69, 9.17) is 0 Å². The van der Waals surface area contributed by atoms with E-state index in [1.54, 1.807) is 66.9 Å². The number of hydrogen-bond acceptors (Lipinski definition) is 5. The molecular formula is C27H31N3O5S. The molecule has 36 heavy (non-hydrogen) atoms. The van der Waals surface area contributed by atoms with Crippen LogP contribution in [0.1, 0.15) is 54.6 Å². The van der Waals surface area contributed by atoms with Gasteiger partial charge in [-0.1, -0.05) is 62.4 Å². The Kier molecular flexibility index (Phi) is 7.13. The van der Waals surface area contributed by atoms with Gasteiger partial charge in [0.25, 0.3) is 5.91 Å². The fourth-order valence-electron chi connectivity index (χ4n) is 4.88. The average Bonchev–Trinajstić information content (AvgIpc) is 3.26. The first-order chi connectivity index (χ1) is 17.0. The Balaban J connectivity index is 1.51. The van der Waals surface area contributed by atoms with E-state index in [1.807, 2.05) is 32.0 Å². The zero-order valence-electron chi connectivity index (χ0n) is 20.7. The van der Waals surface area contributed by atoms with Crippen molar-refractivity contribution in [3.63, 3.8) is 0 Å².